The van der Waals surface area contributed by atoms with Gasteiger partial charge in [0.2, 0.25) is 0 Å². The highest BCUT2D eigenvalue weighted by molar-refractivity contribution is 6.00. The maximum absolute atomic E-state index is 11.2. The summed E-state index contributed by atoms with van der Waals surface area (Å²) in [5.74, 6) is -5.65. The first-order valence-corrected chi connectivity index (χ1v) is 6.96. The molecule has 0 atom stereocenters. The maximum Gasteiger partial charge on any atom is 0.322 e. The van der Waals surface area contributed by atoms with Crippen LogP contribution in [0.15, 0.2) is 42.5 Å². The SMILES string of the molecule is O=C(O)C(C(=O)O)c1cc(Nc2cccc([N+](=O)[O-])c2)ccc1[N+](=O)[O-]. The van der Waals surface area contributed by atoms with Gasteiger partial charge >= 0.3 is 11.9 Å². The van der Waals surface area contributed by atoms with Gasteiger partial charge in [0.15, 0.2) is 5.92 Å². The minimum atomic E-state index is -2.14. The second-order valence-electron chi connectivity index (χ2n) is 5.07. The molecule has 0 saturated carbocycles. The summed E-state index contributed by atoms with van der Waals surface area (Å²) in [6, 6.07) is 8.58. The molecule has 0 amide bonds. The number of carboxylic acids is 2. The lowest BCUT2D eigenvalue weighted by Gasteiger charge is -2.12. The average molecular weight is 361 g/mol. The Bertz CT molecular complexity index is 898. The molecule has 0 unspecified atom stereocenters. The summed E-state index contributed by atoms with van der Waals surface area (Å²) in [5, 5.41) is 42.8. The molecule has 0 bridgehead atoms. The number of anilines is 2. The summed E-state index contributed by atoms with van der Waals surface area (Å²) in [5.41, 5.74) is -0.985. The Morgan fingerprint density at radius 3 is 2.08 bits per heavy atom. The second kappa shape index (κ2) is 7.25. The smallest absolute Gasteiger partial charge is 0.322 e. The van der Waals surface area contributed by atoms with Gasteiger partial charge in [-0.25, -0.2) is 0 Å². The standard InChI is InChI=1S/C15H11N3O8/c19-14(20)13(15(21)22)11-7-9(4-5-12(11)18(25)26)16-8-2-1-3-10(6-8)17(23)24/h1-7,13,16H,(H,19,20)(H,21,22). The Morgan fingerprint density at radius 2 is 1.54 bits per heavy atom. The van der Waals surface area contributed by atoms with E-state index in [1.807, 2.05) is 0 Å². The number of aliphatic carboxylic acids is 2. The first-order chi connectivity index (χ1) is 12.2. The maximum atomic E-state index is 11.2. The van der Waals surface area contributed by atoms with Gasteiger partial charge in [-0.15, -0.1) is 0 Å². The first kappa shape index (κ1) is 18.3. The Balaban J connectivity index is 2.48. The van der Waals surface area contributed by atoms with E-state index < -0.39 is 39.0 Å². The van der Waals surface area contributed by atoms with Crippen LogP contribution in [0.1, 0.15) is 11.5 Å². The van der Waals surface area contributed by atoms with Gasteiger partial charge in [0, 0.05) is 29.6 Å². The molecule has 0 aliphatic heterocycles. The predicted molar refractivity (Wildman–Crippen MR) is 87.5 cm³/mol. The Labute approximate surface area is 144 Å². The largest absolute Gasteiger partial charge is 0.480 e. The number of non-ortho nitro benzene ring substituents is 1. The van der Waals surface area contributed by atoms with Crippen LogP contribution in [0.3, 0.4) is 0 Å². The van der Waals surface area contributed by atoms with Crippen LogP contribution in [0.2, 0.25) is 0 Å². The van der Waals surface area contributed by atoms with Crippen molar-refractivity contribution in [1.29, 1.82) is 0 Å². The first-order valence-electron chi connectivity index (χ1n) is 6.96. The van der Waals surface area contributed by atoms with Crippen molar-refractivity contribution in [3.8, 4) is 0 Å². The molecule has 0 heterocycles. The Morgan fingerprint density at radius 1 is 0.923 bits per heavy atom. The normalized spacial score (nSPS) is 10.3. The molecular weight excluding hydrogens is 350 g/mol. The van der Waals surface area contributed by atoms with E-state index in [0.29, 0.717) is 0 Å². The third-order valence-electron chi connectivity index (χ3n) is 3.37. The summed E-state index contributed by atoms with van der Waals surface area (Å²) < 4.78 is 0. The number of nitrogens with zero attached hydrogens (tertiary/aromatic N) is 2. The van der Waals surface area contributed by atoms with Gasteiger partial charge in [-0.2, -0.15) is 0 Å². The van der Waals surface area contributed by atoms with E-state index in [2.05, 4.69) is 5.32 Å². The van der Waals surface area contributed by atoms with E-state index in [9.17, 15) is 29.8 Å². The second-order valence-corrected chi connectivity index (χ2v) is 5.07. The van der Waals surface area contributed by atoms with E-state index in [4.69, 9.17) is 10.2 Å². The fraction of sp³-hybridized carbons (Fsp3) is 0.0667. The van der Waals surface area contributed by atoms with E-state index >= 15 is 0 Å². The number of nitro groups is 2. The fourth-order valence-corrected chi connectivity index (χ4v) is 2.27. The van der Waals surface area contributed by atoms with Crippen molar-refractivity contribution in [2.24, 2.45) is 0 Å². The lowest BCUT2D eigenvalue weighted by atomic mass is 9.97. The molecule has 0 radical (unpaired) electrons. The molecule has 2 aromatic carbocycles. The number of carboxylic acid groups (broad SMARTS) is 2. The van der Waals surface area contributed by atoms with Crippen molar-refractivity contribution in [2.75, 3.05) is 5.32 Å². The number of nitro benzene ring substituents is 2. The van der Waals surface area contributed by atoms with Gasteiger partial charge in [0.1, 0.15) is 0 Å². The van der Waals surface area contributed by atoms with Gasteiger partial charge in [0.25, 0.3) is 11.4 Å². The number of hydrogen-bond donors (Lipinski definition) is 3. The van der Waals surface area contributed by atoms with Crippen LogP contribution < -0.4 is 5.32 Å². The summed E-state index contributed by atoms with van der Waals surface area (Å²) in [7, 11) is 0. The summed E-state index contributed by atoms with van der Waals surface area (Å²) in [6.45, 7) is 0. The highest BCUT2D eigenvalue weighted by Crippen LogP contribution is 2.32. The van der Waals surface area contributed by atoms with E-state index in [0.717, 1.165) is 12.1 Å². The molecule has 2 aromatic rings. The molecule has 0 fully saturated rings. The predicted octanol–water partition coefficient (Wildman–Crippen LogP) is 2.50. The Hall–Kier alpha value is -4.02. The number of hydrogen-bond acceptors (Lipinski definition) is 7. The van der Waals surface area contributed by atoms with Crippen LogP contribution in [-0.4, -0.2) is 32.0 Å². The topological polar surface area (TPSA) is 173 Å². The lowest BCUT2D eigenvalue weighted by molar-refractivity contribution is -0.385. The van der Waals surface area contributed by atoms with Crippen molar-refractivity contribution in [3.63, 3.8) is 0 Å². The van der Waals surface area contributed by atoms with E-state index in [1.54, 1.807) is 0 Å². The lowest BCUT2D eigenvalue weighted by Crippen LogP contribution is -2.22. The van der Waals surface area contributed by atoms with Crippen molar-refractivity contribution >= 4 is 34.7 Å². The molecule has 0 aromatic heterocycles. The van der Waals surface area contributed by atoms with Crippen LogP contribution in [0.25, 0.3) is 0 Å². The van der Waals surface area contributed by atoms with Crippen LogP contribution in [0.4, 0.5) is 22.7 Å². The highest BCUT2D eigenvalue weighted by Gasteiger charge is 2.34. The third-order valence-corrected chi connectivity index (χ3v) is 3.37. The van der Waals surface area contributed by atoms with Crippen LogP contribution in [0, 0.1) is 20.2 Å². The number of nitrogens with one attached hydrogen (secondary N) is 1. The zero-order valence-electron chi connectivity index (χ0n) is 12.9. The van der Waals surface area contributed by atoms with Crippen molar-refractivity contribution in [2.45, 2.75) is 5.92 Å². The number of benzene rings is 2. The number of rotatable bonds is 7. The average Bonchev–Trinajstić information content (AvgIpc) is 2.54. The quantitative estimate of drug-likeness (QED) is 0.380. The zero-order chi connectivity index (χ0) is 19.4. The van der Waals surface area contributed by atoms with Crippen LogP contribution >= 0.6 is 0 Å². The van der Waals surface area contributed by atoms with Gasteiger partial charge in [0.05, 0.1) is 15.4 Å². The molecule has 0 aliphatic carbocycles. The Kier molecular flexibility index (Phi) is 5.11. The molecule has 134 valence electrons. The molecule has 3 N–H and O–H groups in total. The van der Waals surface area contributed by atoms with Gasteiger partial charge in [-0.1, -0.05) is 6.07 Å². The number of carbonyl (C=O) groups is 2. The molecule has 0 spiro atoms. The molecule has 0 saturated heterocycles. The zero-order valence-corrected chi connectivity index (χ0v) is 12.9. The summed E-state index contributed by atoms with van der Waals surface area (Å²) in [4.78, 5) is 42.8. The minimum absolute atomic E-state index is 0.138. The molecule has 2 rings (SSSR count). The van der Waals surface area contributed by atoms with Crippen molar-refractivity contribution < 1.29 is 29.6 Å². The van der Waals surface area contributed by atoms with Crippen molar-refractivity contribution in [3.05, 3.63) is 68.3 Å². The fourth-order valence-electron chi connectivity index (χ4n) is 2.27. The van der Waals surface area contributed by atoms with Gasteiger partial charge in [-0.05, 0) is 18.2 Å². The highest BCUT2D eigenvalue weighted by atomic mass is 16.6. The minimum Gasteiger partial charge on any atom is -0.480 e. The van der Waals surface area contributed by atoms with Gasteiger partial charge < -0.3 is 15.5 Å². The van der Waals surface area contributed by atoms with Crippen LogP contribution in [-0.2, 0) is 9.59 Å². The molecule has 0 aliphatic rings. The third kappa shape index (κ3) is 3.90. The van der Waals surface area contributed by atoms with Gasteiger partial charge in [-0.3, -0.25) is 29.8 Å². The molecule has 11 heteroatoms. The summed E-state index contributed by atoms with van der Waals surface area (Å²) >= 11 is 0. The molecule has 11 nitrogen and oxygen atoms in total. The monoisotopic (exact) mass is 361 g/mol. The summed E-state index contributed by atoms with van der Waals surface area (Å²) in [6.07, 6.45) is 0. The van der Waals surface area contributed by atoms with E-state index in [1.165, 1.54) is 30.3 Å². The van der Waals surface area contributed by atoms with Crippen LogP contribution in [0.5, 0.6) is 0 Å². The van der Waals surface area contributed by atoms with E-state index in [-0.39, 0.29) is 17.1 Å². The molecular formula is C15H11N3O8. The van der Waals surface area contributed by atoms with Crippen molar-refractivity contribution in [1.82, 2.24) is 0 Å². The molecule has 26 heavy (non-hydrogen) atoms.